The number of rotatable bonds is 7. The standard InChI is InChI=1S/C24H24N4O2S2/c1-16(2)15-25-21-18(22(29)27-12-7-6-10-20(27)26-21)14-19-23(30)28(24(31)32-19)13-11-17-8-4-3-5-9-17/h3-10,12,14,16,25H,11,13,15H2,1-2H3/b19-14-. The molecule has 0 bridgehead atoms. The molecule has 3 heterocycles. The minimum Gasteiger partial charge on any atom is -0.369 e. The first-order valence-electron chi connectivity index (χ1n) is 10.5. The zero-order valence-corrected chi connectivity index (χ0v) is 19.6. The summed E-state index contributed by atoms with van der Waals surface area (Å²) in [6.45, 7) is 5.32. The number of nitrogens with one attached hydrogen (secondary N) is 1. The number of anilines is 1. The van der Waals surface area contributed by atoms with Crippen LogP contribution >= 0.6 is 24.0 Å². The number of thiocarbonyl (C=S) groups is 1. The maximum atomic E-state index is 13.2. The SMILES string of the molecule is CC(C)CNc1nc2ccccn2c(=O)c1/C=C1\SC(=S)N(CCc2ccccc2)C1=O. The summed E-state index contributed by atoms with van der Waals surface area (Å²) in [5.74, 6) is 0.669. The molecule has 0 aliphatic carbocycles. The third-order valence-electron chi connectivity index (χ3n) is 5.06. The number of carbonyl (C=O) groups is 1. The number of hydrogen-bond donors (Lipinski definition) is 1. The van der Waals surface area contributed by atoms with Gasteiger partial charge >= 0.3 is 0 Å². The molecule has 1 fully saturated rings. The monoisotopic (exact) mass is 464 g/mol. The molecule has 32 heavy (non-hydrogen) atoms. The van der Waals surface area contributed by atoms with Gasteiger partial charge in [0.1, 0.15) is 15.8 Å². The lowest BCUT2D eigenvalue weighted by molar-refractivity contribution is -0.122. The summed E-state index contributed by atoms with van der Waals surface area (Å²) >= 11 is 6.69. The van der Waals surface area contributed by atoms with Gasteiger partial charge in [-0.05, 0) is 36.1 Å². The summed E-state index contributed by atoms with van der Waals surface area (Å²) in [5, 5.41) is 3.27. The average Bonchev–Trinajstić information content (AvgIpc) is 3.06. The number of aromatic nitrogens is 2. The summed E-state index contributed by atoms with van der Waals surface area (Å²) in [4.78, 5) is 33.0. The Morgan fingerprint density at radius 3 is 2.62 bits per heavy atom. The number of pyridine rings is 1. The van der Waals surface area contributed by atoms with Gasteiger partial charge in [0.2, 0.25) is 0 Å². The van der Waals surface area contributed by atoms with E-state index in [2.05, 4.69) is 24.1 Å². The molecule has 0 spiro atoms. The van der Waals surface area contributed by atoms with Crippen molar-refractivity contribution >= 4 is 51.7 Å². The Kier molecular flexibility index (Phi) is 6.72. The van der Waals surface area contributed by atoms with Crippen molar-refractivity contribution in [3.05, 3.63) is 81.1 Å². The molecule has 1 saturated heterocycles. The van der Waals surface area contributed by atoms with E-state index in [0.29, 0.717) is 51.7 Å². The van der Waals surface area contributed by atoms with Crippen LogP contribution in [0, 0.1) is 5.92 Å². The van der Waals surface area contributed by atoms with Crippen LogP contribution in [0.2, 0.25) is 0 Å². The molecule has 1 N–H and O–H groups in total. The van der Waals surface area contributed by atoms with Crippen LogP contribution in [0.1, 0.15) is 25.0 Å². The lowest BCUT2D eigenvalue weighted by atomic mass is 10.1. The summed E-state index contributed by atoms with van der Waals surface area (Å²) in [5.41, 5.74) is 1.83. The quantitative estimate of drug-likeness (QED) is 0.417. The minimum atomic E-state index is -0.226. The molecule has 8 heteroatoms. The van der Waals surface area contributed by atoms with Gasteiger partial charge in [-0.2, -0.15) is 0 Å². The maximum Gasteiger partial charge on any atom is 0.267 e. The molecule has 1 aliphatic rings. The molecule has 2 aromatic heterocycles. The van der Waals surface area contributed by atoms with E-state index in [1.165, 1.54) is 16.2 Å². The van der Waals surface area contributed by atoms with E-state index in [1.807, 2.05) is 36.4 Å². The summed E-state index contributed by atoms with van der Waals surface area (Å²) in [7, 11) is 0. The van der Waals surface area contributed by atoms with Crippen molar-refractivity contribution < 1.29 is 4.79 Å². The van der Waals surface area contributed by atoms with Crippen LogP contribution in [-0.2, 0) is 11.2 Å². The molecule has 164 valence electrons. The predicted molar refractivity (Wildman–Crippen MR) is 135 cm³/mol. The highest BCUT2D eigenvalue weighted by Gasteiger charge is 2.32. The number of nitrogens with zero attached hydrogens (tertiary/aromatic N) is 3. The number of thioether (sulfide) groups is 1. The van der Waals surface area contributed by atoms with Crippen molar-refractivity contribution in [3.63, 3.8) is 0 Å². The number of amides is 1. The van der Waals surface area contributed by atoms with Gasteiger partial charge in [0.05, 0.1) is 10.5 Å². The van der Waals surface area contributed by atoms with Crippen LogP contribution in [0.3, 0.4) is 0 Å². The zero-order valence-electron chi connectivity index (χ0n) is 17.9. The zero-order chi connectivity index (χ0) is 22.7. The van der Waals surface area contributed by atoms with Crippen molar-refractivity contribution in [2.24, 2.45) is 5.92 Å². The van der Waals surface area contributed by atoms with Gasteiger partial charge in [0.15, 0.2) is 0 Å². The minimum absolute atomic E-state index is 0.178. The Bertz CT molecular complexity index is 1250. The van der Waals surface area contributed by atoms with Gasteiger partial charge in [0.25, 0.3) is 11.5 Å². The van der Waals surface area contributed by atoms with E-state index in [9.17, 15) is 9.59 Å². The van der Waals surface area contributed by atoms with Crippen LogP contribution in [0.25, 0.3) is 11.7 Å². The fourth-order valence-corrected chi connectivity index (χ4v) is 4.67. The lowest BCUT2D eigenvalue weighted by Gasteiger charge is -2.14. The van der Waals surface area contributed by atoms with Crippen LogP contribution in [0.4, 0.5) is 5.82 Å². The van der Waals surface area contributed by atoms with E-state index in [4.69, 9.17) is 12.2 Å². The Balaban J connectivity index is 1.66. The number of benzene rings is 1. The molecule has 1 amide bonds. The highest BCUT2D eigenvalue weighted by Crippen LogP contribution is 2.33. The first kappa shape index (κ1) is 22.2. The van der Waals surface area contributed by atoms with Crippen molar-refractivity contribution in [1.29, 1.82) is 0 Å². The molecule has 4 rings (SSSR count). The third-order valence-corrected chi connectivity index (χ3v) is 6.44. The van der Waals surface area contributed by atoms with Crippen LogP contribution in [0.5, 0.6) is 0 Å². The molecular weight excluding hydrogens is 440 g/mol. The lowest BCUT2D eigenvalue weighted by Crippen LogP contribution is -2.30. The molecule has 1 aromatic carbocycles. The number of hydrogen-bond acceptors (Lipinski definition) is 6. The van der Waals surface area contributed by atoms with Crippen molar-refractivity contribution in [2.45, 2.75) is 20.3 Å². The molecule has 6 nitrogen and oxygen atoms in total. The summed E-state index contributed by atoms with van der Waals surface area (Å²) in [6.07, 6.45) is 4.01. The fraction of sp³-hybridized carbons (Fsp3) is 0.250. The van der Waals surface area contributed by atoms with Crippen LogP contribution in [0.15, 0.2) is 64.4 Å². The molecule has 0 saturated carbocycles. The highest BCUT2D eigenvalue weighted by atomic mass is 32.2. The molecule has 0 atom stereocenters. The van der Waals surface area contributed by atoms with Crippen LogP contribution in [-0.4, -0.2) is 37.6 Å². The second-order valence-electron chi connectivity index (χ2n) is 7.95. The van der Waals surface area contributed by atoms with Crippen molar-refractivity contribution in [2.75, 3.05) is 18.4 Å². The fourth-order valence-electron chi connectivity index (χ4n) is 3.38. The second kappa shape index (κ2) is 9.67. The molecule has 0 radical (unpaired) electrons. The van der Waals surface area contributed by atoms with Crippen molar-refractivity contribution in [1.82, 2.24) is 14.3 Å². The smallest absolute Gasteiger partial charge is 0.267 e. The van der Waals surface area contributed by atoms with Crippen molar-refractivity contribution in [3.8, 4) is 0 Å². The Labute approximate surface area is 196 Å². The average molecular weight is 465 g/mol. The van der Waals surface area contributed by atoms with E-state index in [-0.39, 0.29) is 11.5 Å². The molecule has 1 aliphatic heterocycles. The normalized spacial score (nSPS) is 15.3. The Hall–Kier alpha value is -2.97. The van der Waals surface area contributed by atoms with Gasteiger partial charge in [-0.25, -0.2) is 4.98 Å². The number of carbonyl (C=O) groups excluding carboxylic acids is 1. The number of fused-ring (bicyclic) bond motifs is 1. The van der Waals surface area contributed by atoms with E-state index in [1.54, 1.807) is 29.3 Å². The summed E-state index contributed by atoms with van der Waals surface area (Å²) in [6, 6.07) is 15.4. The predicted octanol–water partition coefficient (Wildman–Crippen LogP) is 4.21. The Morgan fingerprint density at radius 2 is 1.88 bits per heavy atom. The second-order valence-corrected chi connectivity index (χ2v) is 9.63. The van der Waals surface area contributed by atoms with Crippen LogP contribution < -0.4 is 10.9 Å². The third kappa shape index (κ3) is 4.76. The van der Waals surface area contributed by atoms with Gasteiger partial charge < -0.3 is 5.32 Å². The first-order chi connectivity index (χ1) is 15.4. The van der Waals surface area contributed by atoms with E-state index < -0.39 is 0 Å². The maximum absolute atomic E-state index is 13.2. The molecule has 3 aromatic rings. The Morgan fingerprint density at radius 1 is 1.12 bits per heavy atom. The van der Waals surface area contributed by atoms with Gasteiger partial charge in [-0.15, -0.1) is 0 Å². The molecule has 0 unspecified atom stereocenters. The van der Waals surface area contributed by atoms with Gasteiger partial charge in [-0.3, -0.25) is 18.9 Å². The van der Waals surface area contributed by atoms with E-state index in [0.717, 1.165) is 5.56 Å². The molecular formula is C24H24N4O2S2. The topological polar surface area (TPSA) is 66.7 Å². The largest absolute Gasteiger partial charge is 0.369 e. The summed E-state index contributed by atoms with van der Waals surface area (Å²) < 4.78 is 1.99. The van der Waals surface area contributed by atoms with Gasteiger partial charge in [-0.1, -0.05) is 74.2 Å². The first-order valence-corrected chi connectivity index (χ1v) is 11.7. The van der Waals surface area contributed by atoms with E-state index >= 15 is 0 Å². The highest BCUT2D eigenvalue weighted by molar-refractivity contribution is 8.26. The van der Waals surface area contributed by atoms with Gasteiger partial charge in [0, 0.05) is 19.3 Å².